The molecule has 21 heavy (non-hydrogen) atoms. The highest BCUT2D eigenvalue weighted by atomic mass is 79.9. The second kappa shape index (κ2) is 5.91. The Kier molecular flexibility index (Phi) is 3.98. The van der Waals surface area contributed by atoms with Crippen molar-refractivity contribution in [1.82, 2.24) is 10.1 Å². The van der Waals surface area contributed by atoms with Crippen LogP contribution in [0.3, 0.4) is 0 Å². The molecule has 0 saturated carbocycles. The van der Waals surface area contributed by atoms with E-state index < -0.39 is 0 Å². The summed E-state index contributed by atoms with van der Waals surface area (Å²) in [5.74, 6) is 1.02. The number of benzene rings is 2. The van der Waals surface area contributed by atoms with Gasteiger partial charge in [-0.3, -0.25) is 0 Å². The molecule has 1 heterocycles. The molecule has 2 N–H and O–H groups in total. The lowest BCUT2D eigenvalue weighted by molar-refractivity contribution is 0.432. The minimum Gasteiger partial charge on any atom is -0.399 e. The van der Waals surface area contributed by atoms with Crippen LogP contribution in [0.4, 0.5) is 5.69 Å². The fourth-order valence-corrected chi connectivity index (χ4v) is 2.85. The molecule has 106 valence electrons. The highest BCUT2D eigenvalue weighted by Gasteiger charge is 2.11. The Hall–Kier alpha value is -1.79. The molecule has 0 atom stereocenters. The van der Waals surface area contributed by atoms with Crippen molar-refractivity contribution in [2.45, 2.75) is 4.90 Å². The lowest BCUT2D eigenvalue weighted by Crippen LogP contribution is -1.86. The van der Waals surface area contributed by atoms with E-state index in [2.05, 4.69) is 26.1 Å². The number of hydrogen-bond acceptors (Lipinski definition) is 5. The maximum absolute atomic E-state index is 5.82. The minimum atomic E-state index is 0.451. The van der Waals surface area contributed by atoms with Gasteiger partial charge in [0.1, 0.15) is 0 Å². The molecule has 0 spiro atoms. The third kappa shape index (κ3) is 3.11. The zero-order valence-electron chi connectivity index (χ0n) is 11.2. The minimum absolute atomic E-state index is 0.451. The van der Waals surface area contributed by atoms with Crippen LogP contribution in [-0.2, 0) is 0 Å². The fourth-order valence-electron chi connectivity index (χ4n) is 1.93. The first kappa shape index (κ1) is 14.2. The van der Waals surface area contributed by atoms with Crippen molar-refractivity contribution in [3.63, 3.8) is 0 Å². The normalized spacial score (nSPS) is 10.8. The number of anilines is 1. The number of rotatable bonds is 3. The maximum atomic E-state index is 5.82. The second-order valence-corrected chi connectivity index (χ2v) is 6.22. The average Bonchev–Trinajstić information content (AvgIpc) is 2.96. The van der Waals surface area contributed by atoms with Crippen LogP contribution >= 0.6 is 27.7 Å². The zero-order valence-corrected chi connectivity index (χ0v) is 13.6. The highest BCUT2D eigenvalue weighted by molar-refractivity contribution is 9.10. The monoisotopic (exact) mass is 361 g/mol. The predicted molar refractivity (Wildman–Crippen MR) is 89.1 cm³/mol. The number of aromatic nitrogens is 2. The van der Waals surface area contributed by atoms with E-state index in [1.54, 1.807) is 17.8 Å². The lowest BCUT2D eigenvalue weighted by Gasteiger charge is -1.99. The molecule has 0 saturated heterocycles. The maximum Gasteiger partial charge on any atom is 0.258 e. The summed E-state index contributed by atoms with van der Waals surface area (Å²) in [5.41, 5.74) is 8.18. The molecule has 0 aliphatic heterocycles. The Labute approximate surface area is 134 Å². The van der Waals surface area contributed by atoms with Gasteiger partial charge in [-0.05, 0) is 48.7 Å². The summed E-state index contributed by atoms with van der Waals surface area (Å²) in [6.45, 7) is 0. The van der Waals surface area contributed by atoms with Gasteiger partial charge >= 0.3 is 0 Å². The molecule has 6 heteroatoms. The number of nitrogen functional groups attached to an aromatic ring is 1. The summed E-state index contributed by atoms with van der Waals surface area (Å²) in [5, 5.41) is 4.03. The Bertz CT molecular complexity index is 751. The lowest BCUT2D eigenvalue weighted by atomic mass is 10.2. The van der Waals surface area contributed by atoms with Crippen molar-refractivity contribution >= 4 is 33.4 Å². The molecule has 0 unspecified atom stereocenters. The summed E-state index contributed by atoms with van der Waals surface area (Å²) in [7, 11) is 0. The molecule has 4 nitrogen and oxygen atoms in total. The predicted octanol–water partition coefficient (Wildman–Crippen LogP) is 4.47. The number of thioether (sulfide) groups is 1. The Morgan fingerprint density at radius 2 is 1.86 bits per heavy atom. The topological polar surface area (TPSA) is 64.9 Å². The van der Waals surface area contributed by atoms with E-state index in [0.29, 0.717) is 17.4 Å². The Morgan fingerprint density at radius 1 is 1.10 bits per heavy atom. The van der Waals surface area contributed by atoms with E-state index in [0.717, 1.165) is 15.6 Å². The van der Waals surface area contributed by atoms with Crippen LogP contribution in [0.1, 0.15) is 0 Å². The molecule has 0 radical (unpaired) electrons. The number of hydrogen-bond donors (Lipinski definition) is 1. The zero-order chi connectivity index (χ0) is 14.8. The van der Waals surface area contributed by atoms with Gasteiger partial charge in [0.2, 0.25) is 5.82 Å². The summed E-state index contributed by atoms with van der Waals surface area (Å²) < 4.78 is 6.21. The van der Waals surface area contributed by atoms with Gasteiger partial charge in [-0.15, -0.1) is 11.8 Å². The van der Waals surface area contributed by atoms with Crippen LogP contribution in [0.25, 0.3) is 22.8 Å². The van der Waals surface area contributed by atoms with Crippen molar-refractivity contribution in [1.29, 1.82) is 0 Å². The Balaban J connectivity index is 1.95. The van der Waals surface area contributed by atoms with Gasteiger partial charge in [0.25, 0.3) is 5.89 Å². The van der Waals surface area contributed by atoms with Gasteiger partial charge in [-0.1, -0.05) is 21.1 Å². The van der Waals surface area contributed by atoms with Crippen LogP contribution < -0.4 is 5.73 Å². The van der Waals surface area contributed by atoms with E-state index in [4.69, 9.17) is 10.3 Å². The van der Waals surface area contributed by atoms with Gasteiger partial charge in [0.05, 0.1) is 0 Å². The van der Waals surface area contributed by atoms with Crippen molar-refractivity contribution in [2.24, 2.45) is 0 Å². The Morgan fingerprint density at radius 3 is 2.52 bits per heavy atom. The molecule has 2 aromatic carbocycles. The average molecular weight is 362 g/mol. The molecule has 0 amide bonds. The van der Waals surface area contributed by atoms with Crippen molar-refractivity contribution in [2.75, 3.05) is 12.0 Å². The molecule has 3 aromatic rings. The van der Waals surface area contributed by atoms with Crippen LogP contribution in [0.15, 0.2) is 56.4 Å². The first-order valence-electron chi connectivity index (χ1n) is 6.20. The van der Waals surface area contributed by atoms with Gasteiger partial charge in [-0.2, -0.15) is 4.98 Å². The quantitative estimate of drug-likeness (QED) is 0.550. The van der Waals surface area contributed by atoms with Gasteiger partial charge in [0.15, 0.2) is 0 Å². The van der Waals surface area contributed by atoms with E-state index >= 15 is 0 Å². The summed E-state index contributed by atoms with van der Waals surface area (Å²) in [4.78, 5) is 5.62. The summed E-state index contributed by atoms with van der Waals surface area (Å²) in [6.07, 6.45) is 2.04. The largest absolute Gasteiger partial charge is 0.399 e. The molecule has 0 bridgehead atoms. The summed E-state index contributed by atoms with van der Waals surface area (Å²) >= 11 is 5.10. The standard InChI is InChI=1S/C15H12BrN3OS/c1-21-13-4-2-9(3-5-13)14-18-15(20-19-14)10-6-11(16)8-12(17)7-10/h2-8H,17H2,1H3. The van der Waals surface area contributed by atoms with Crippen LogP contribution in [0.5, 0.6) is 0 Å². The fraction of sp³-hybridized carbons (Fsp3) is 0.0667. The van der Waals surface area contributed by atoms with Gasteiger partial charge in [0, 0.05) is 26.2 Å². The van der Waals surface area contributed by atoms with Crippen LogP contribution in [0, 0.1) is 0 Å². The van der Waals surface area contributed by atoms with Gasteiger partial charge in [-0.25, -0.2) is 0 Å². The third-order valence-electron chi connectivity index (χ3n) is 2.94. The SMILES string of the molecule is CSc1ccc(-c2noc(-c3cc(N)cc(Br)c3)n2)cc1. The highest BCUT2D eigenvalue weighted by Crippen LogP contribution is 2.27. The van der Waals surface area contributed by atoms with Crippen LogP contribution in [-0.4, -0.2) is 16.4 Å². The second-order valence-electron chi connectivity index (χ2n) is 4.42. The molecule has 0 aliphatic carbocycles. The molecular formula is C15H12BrN3OS. The molecule has 0 fully saturated rings. The van der Waals surface area contributed by atoms with E-state index in [-0.39, 0.29) is 0 Å². The van der Waals surface area contributed by atoms with Crippen molar-refractivity contribution < 1.29 is 4.52 Å². The number of halogens is 1. The number of nitrogens with two attached hydrogens (primary N) is 1. The van der Waals surface area contributed by atoms with Crippen molar-refractivity contribution in [3.8, 4) is 22.8 Å². The molecule has 1 aromatic heterocycles. The van der Waals surface area contributed by atoms with E-state index in [1.807, 2.05) is 42.7 Å². The smallest absolute Gasteiger partial charge is 0.258 e. The number of nitrogens with zero attached hydrogens (tertiary/aromatic N) is 2. The van der Waals surface area contributed by atoms with E-state index in [1.165, 1.54) is 4.90 Å². The third-order valence-corrected chi connectivity index (χ3v) is 4.14. The van der Waals surface area contributed by atoms with Crippen LogP contribution in [0.2, 0.25) is 0 Å². The molecule has 0 aliphatic rings. The van der Waals surface area contributed by atoms with Crippen molar-refractivity contribution in [3.05, 3.63) is 46.9 Å². The molecule has 3 rings (SSSR count). The first-order valence-corrected chi connectivity index (χ1v) is 8.22. The summed E-state index contributed by atoms with van der Waals surface area (Å²) in [6, 6.07) is 13.6. The van der Waals surface area contributed by atoms with Gasteiger partial charge < -0.3 is 10.3 Å². The van der Waals surface area contributed by atoms with E-state index in [9.17, 15) is 0 Å². The molecular weight excluding hydrogens is 350 g/mol. The first-order chi connectivity index (χ1) is 10.2.